The molecule has 4 rings (SSSR count). The maximum atomic E-state index is 12.2. The van der Waals surface area contributed by atoms with Crippen LogP contribution in [0.2, 0.25) is 0 Å². The van der Waals surface area contributed by atoms with Crippen molar-refractivity contribution in [2.45, 2.75) is 19.5 Å². The van der Waals surface area contributed by atoms with Crippen LogP contribution in [0.25, 0.3) is 10.6 Å². The lowest BCUT2D eigenvalue weighted by molar-refractivity contribution is 0.300. The van der Waals surface area contributed by atoms with Gasteiger partial charge in [-0.25, -0.2) is 4.68 Å². The number of aryl methyl sites for hydroxylation is 1. The predicted molar refractivity (Wildman–Crippen MR) is 111 cm³/mol. The predicted octanol–water partition coefficient (Wildman–Crippen LogP) is 2.18. The zero-order chi connectivity index (χ0) is 19.5. The number of dihydropyridines is 1. The molecule has 0 fully saturated rings. The van der Waals surface area contributed by atoms with Crippen molar-refractivity contribution < 1.29 is 4.74 Å². The maximum Gasteiger partial charge on any atom is 0.266 e. The van der Waals surface area contributed by atoms with E-state index in [-0.39, 0.29) is 11.6 Å². The average molecular weight is 395 g/mol. The molecule has 4 heterocycles. The topological polar surface area (TPSA) is 80.5 Å². The largest absolute Gasteiger partial charge is 0.495 e. The highest BCUT2D eigenvalue weighted by molar-refractivity contribution is 7.13. The van der Waals surface area contributed by atoms with Crippen LogP contribution in [0.5, 0.6) is 0 Å². The lowest BCUT2D eigenvalue weighted by atomic mass is 10.0. The maximum absolute atomic E-state index is 12.2. The Labute approximate surface area is 166 Å². The molecule has 2 aliphatic rings. The van der Waals surface area contributed by atoms with Gasteiger partial charge in [0.05, 0.1) is 30.8 Å². The Morgan fingerprint density at radius 2 is 2.29 bits per heavy atom. The summed E-state index contributed by atoms with van der Waals surface area (Å²) in [6.07, 6.45) is 7.55. The minimum absolute atomic E-state index is 0.0472. The Kier molecular flexibility index (Phi) is 5.12. The van der Waals surface area contributed by atoms with Crippen LogP contribution >= 0.6 is 11.3 Å². The molecule has 0 saturated heterocycles. The number of ether oxygens (including phenoxy) is 1. The fraction of sp³-hybridized carbons (Fsp3) is 0.250. The molecule has 2 N–H and O–H groups in total. The van der Waals surface area contributed by atoms with Gasteiger partial charge < -0.3 is 15.4 Å². The third kappa shape index (κ3) is 3.77. The molecule has 0 saturated carbocycles. The third-order valence-electron chi connectivity index (χ3n) is 4.49. The van der Waals surface area contributed by atoms with Crippen molar-refractivity contribution in [2.24, 2.45) is 4.99 Å². The van der Waals surface area contributed by atoms with E-state index >= 15 is 0 Å². The zero-order valence-corrected chi connectivity index (χ0v) is 16.5. The van der Waals surface area contributed by atoms with Gasteiger partial charge in [0.15, 0.2) is 0 Å². The van der Waals surface area contributed by atoms with Crippen LogP contribution < -0.4 is 16.2 Å². The number of aromatic nitrogens is 2. The lowest BCUT2D eigenvalue weighted by Gasteiger charge is -2.28. The molecule has 1 unspecified atom stereocenters. The highest BCUT2D eigenvalue weighted by atomic mass is 32.1. The summed E-state index contributed by atoms with van der Waals surface area (Å²) in [4.78, 5) is 17.9. The van der Waals surface area contributed by atoms with E-state index in [1.165, 1.54) is 10.2 Å². The molecule has 0 spiro atoms. The molecular weight excluding hydrogens is 374 g/mol. The Morgan fingerprint density at radius 1 is 1.39 bits per heavy atom. The van der Waals surface area contributed by atoms with Crippen molar-refractivity contribution in [3.8, 4) is 10.6 Å². The van der Waals surface area contributed by atoms with Crippen LogP contribution in [0.15, 0.2) is 69.4 Å². The lowest BCUT2D eigenvalue weighted by Crippen LogP contribution is -2.43. The molecule has 8 heteroatoms. The van der Waals surface area contributed by atoms with Gasteiger partial charge in [0, 0.05) is 30.2 Å². The van der Waals surface area contributed by atoms with Crippen LogP contribution in [-0.4, -0.2) is 35.2 Å². The fourth-order valence-corrected chi connectivity index (χ4v) is 3.93. The number of aliphatic imine (C=N–C) groups is 1. The first-order chi connectivity index (χ1) is 13.6. The van der Waals surface area contributed by atoms with Crippen molar-refractivity contribution in [3.05, 3.63) is 75.5 Å². The number of nitrogens with one attached hydrogen (secondary N) is 2. The van der Waals surface area contributed by atoms with Crippen molar-refractivity contribution in [1.82, 2.24) is 20.4 Å². The molecule has 0 bridgehead atoms. The van der Waals surface area contributed by atoms with E-state index in [4.69, 9.17) is 4.74 Å². The van der Waals surface area contributed by atoms with Gasteiger partial charge in [-0.1, -0.05) is 0 Å². The second-order valence-electron chi connectivity index (χ2n) is 6.50. The van der Waals surface area contributed by atoms with Gasteiger partial charge in [-0.3, -0.25) is 9.79 Å². The smallest absolute Gasteiger partial charge is 0.266 e. The highest BCUT2D eigenvalue weighted by Crippen LogP contribution is 2.24. The van der Waals surface area contributed by atoms with Gasteiger partial charge in [-0.15, -0.1) is 11.3 Å². The zero-order valence-electron chi connectivity index (χ0n) is 15.7. The van der Waals surface area contributed by atoms with Gasteiger partial charge in [0.1, 0.15) is 17.5 Å². The number of thiophene rings is 1. The summed E-state index contributed by atoms with van der Waals surface area (Å²) in [5.41, 5.74) is 3.75. The van der Waals surface area contributed by atoms with E-state index in [1.807, 2.05) is 31.5 Å². The second kappa shape index (κ2) is 7.85. The molecule has 0 aromatic carbocycles. The molecule has 2 aromatic rings. The van der Waals surface area contributed by atoms with Crippen molar-refractivity contribution in [2.75, 3.05) is 13.7 Å². The van der Waals surface area contributed by atoms with E-state index in [0.29, 0.717) is 13.1 Å². The van der Waals surface area contributed by atoms with Crippen molar-refractivity contribution in [3.63, 3.8) is 0 Å². The van der Waals surface area contributed by atoms with E-state index in [0.717, 1.165) is 27.7 Å². The van der Waals surface area contributed by atoms with Crippen LogP contribution in [0.4, 0.5) is 0 Å². The molecule has 28 heavy (non-hydrogen) atoms. The summed E-state index contributed by atoms with van der Waals surface area (Å²) in [7, 11) is 1.63. The van der Waals surface area contributed by atoms with Crippen LogP contribution in [0.3, 0.4) is 0 Å². The van der Waals surface area contributed by atoms with Gasteiger partial charge in [0.25, 0.3) is 5.56 Å². The monoisotopic (exact) mass is 395 g/mol. The Hall–Kier alpha value is -3.13. The normalized spacial score (nSPS) is 19.4. The summed E-state index contributed by atoms with van der Waals surface area (Å²) in [6, 6.07) is 5.37. The standard InChI is InChI=1S/C20H21N5O2S/c1-13-9-18(28-12-13)15-3-4-19(26)25(24-15)8-7-22-16-5-6-21-17-10-14(27-2)11-23-20(16)17/h3-6,9-12,20-21,23H,7-8H2,1-2H3. The summed E-state index contributed by atoms with van der Waals surface area (Å²) in [5, 5.41) is 13.1. The summed E-state index contributed by atoms with van der Waals surface area (Å²) in [6.45, 7) is 2.93. The van der Waals surface area contributed by atoms with Crippen LogP contribution in [0.1, 0.15) is 5.56 Å². The Bertz CT molecular complexity index is 1060. The minimum Gasteiger partial charge on any atom is -0.495 e. The van der Waals surface area contributed by atoms with Gasteiger partial charge in [-0.05, 0) is 36.1 Å². The number of nitrogens with zero attached hydrogens (tertiary/aromatic N) is 3. The summed E-state index contributed by atoms with van der Waals surface area (Å²) < 4.78 is 6.73. The Morgan fingerprint density at radius 3 is 3.07 bits per heavy atom. The number of hydrogen-bond acceptors (Lipinski definition) is 7. The fourth-order valence-electron chi connectivity index (χ4n) is 3.06. The molecular formula is C20H21N5O2S. The highest BCUT2D eigenvalue weighted by Gasteiger charge is 2.23. The summed E-state index contributed by atoms with van der Waals surface area (Å²) >= 11 is 1.63. The van der Waals surface area contributed by atoms with E-state index in [1.54, 1.807) is 30.6 Å². The molecule has 144 valence electrons. The molecule has 0 aliphatic carbocycles. The first-order valence-electron chi connectivity index (χ1n) is 8.97. The number of hydrogen-bond donors (Lipinski definition) is 2. The third-order valence-corrected chi connectivity index (χ3v) is 5.56. The van der Waals surface area contributed by atoms with E-state index in [2.05, 4.69) is 32.2 Å². The average Bonchev–Trinajstić information content (AvgIpc) is 3.15. The van der Waals surface area contributed by atoms with Gasteiger partial charge >= 0.3 is 0 Å². The molecule has 0 radical (unpaired) electrons. The quantitative estimate of drug-likeness (QED) is 0.811. The van der Waals surface area contributed by atoms with Gasteiger partial charge in [-0.2, -0.15) is 5.10 Å². The Balaban J connectivity index is 1.49. The summed E-state index contributed by atoms with van der Waals surface area (Å²) in [5.74, 6) is 0.754. The van der Waals surface area contributed by atoms with Crippen LogP contribution in [0, 0.1) is 6.92 Å². The van der Waals surface area contributed by atoms with Gasteiger partial charge in [0.2, 0.25) is 0 Å². The number of fused-ring (bicyclic) bond motifs is 1. The first-order valence-corrected chi connectivity index (χ1v) is 9.85. The van der Waals surface area contributed by atoms with E-state index in [9.17, 15) is 4.79 Å². The molecule has 2 aromatic heterocycles. The molecule has 1 atom stereocenters. The number of methoxy groups -OCH3 is 1. The molecule has 7 nitrogen and oxygen atoms in total. The first kappa shape index (κ1) is 18.2. The SMILES string of the molecule is COC1=CNC2C(=C1)NC=CC2=NCCn1nc(-c2cc(C)cs2)ccc1=O. The molecule has 0 amide bonds. The van der Waals surface area contributed by atoms with Crippen LogP contribution in [-0.2, 0) is 11.3 Å². The number of rotatable bonds is 5. The van der Waals surface area contributed by atoms with E-state index < -0.39 is 0 Å². The molecule has 2 aliphatic heterocycles. The van der Waals surface area contributed by atoms with Crippen molar-refractivity contribution >= 4 is 17.0 Å². The number of allylic oxidation sites excluding steroid dienone is 1. The minimum atomic E-state index is -0.123. The van der Waals surface area contributed by atoms with Crippen molar-refractivity contribution in [1.29, 1.82) is 0 Å². The second-order valence-corrected chi connectivity index (χ2v) is 7.41.